The molecule has 1 N–H and O–H groups in total. The minimum atomic E-state index is -0.0658. The molecule has 150 valence electrons. The standard InChI is InChI=1S/C19H26N6O2S/c26-18(14-28-19-21-22-23-25(19)13-17-4-3-11-27-17)20-16-7-5-15(6-8-16)12-24-9-1-2-10-24/h5-8,17H,1-4,9-14H2,(H,20,26). The van der Waals surface area contributed by atoms with Crippen LogP contribution in [0, 0.1) is 0 Å². The van der Waals surface area contributed by atoms with Crippen molar-refractivity contribution in [3.05, 3.63) is 29.8 Å². The number of tetrazole rings is 1. The van der Waals surface area contributed by atoms with E-state index in [2.05, 4.69) is 37.9 Å². The summed E-state index contributed by atoms with van der Waals surface area (Å²) < 4.78 is 7.35. The zero-order valence-corrected chi connectivity index (χ0v) is 16.7. The van der Waals surface area contributed by atoms with Crippen LogP contribution >= 0.6 is 11.8 Å². The summed E-state index contributed by atoms with van der Waals surface area (Å²) in [5, 5.41) is 15.4. The molecule has 2 fully saturated rings. The number of carbonyl (C=O) groups is 1. The normalized spacial score (nSPS) is 19.9. The molecule has 2 aliphatic heterocycles. The van der Waals surface area contributed by atoms with Gasteiger partial charge in [0.25, 0.3) is 0 Å². The Labute approximate surface area is 169 Å². The fraction of sp³-hybridized carbons (Fsp3) is 0.579. The molecule has 1 unspecified atom stereocenters. The number of amides is 1. The molecule has 8 nitrogen and oxygen atoms in total. The molecule has 1 aromatic carbocycles. The highest BCUT2D eigenvalue weighted by atomic mass is 32.2. The molecule has 3 heterocycles. The number of hydrogen-bond donors (Lipinski definition) is 1. The minimum absolute atomic E-state index is 0.0658. The molecule has 1 aromatic heterocycles. The summed E-state index contributed by atoms with van der Waals surface area (Å²) in [5.74, 6) is 0.200. The summed E-state index contributed by atoms with van der Waals surface area (Å²) in [7, 11) is 0. The number of carbonyl (C=O) groups excluding carboxylic acids is 1. The van der Waals surface area contributed by atoms with Gasteiger partial charge in [-0.1, -0.05) is 23.9 Å². The van der Waals surface area contributed by atoms with E-state index >= 15 is 0 Å². The zero-order chi connectivity index (χ0) is 19.2. The van der Waals surface area contributed by atoms with Crippen LogP contribution in [0.25, 0.3) is 0 Å². The topological polar surface area (TPSA) is 85.2 Å². The summed E-state index contributed by atoms with van der Waals surface area (Å²) in [6.07, 6.45) is 4.86. The summed E-state index contributed by atoms with van der Waals surface area (Å²) in [6.45, 7) is 4.78. The Morgan fingerprint density at radius 1 is 1.21 bits per heavy atom. The predicted octanol–water partition coefficient (Wildman–Crippen LogP) is 2.18. The summed E-state index contributed by atoms with van der Waals surface area (Å²) in [4.78, 5) is 14.7. The van der Waals surface area contributed by atoms with E-state index in [1.807, 2.05) is 12.1 Å². The number of anilines is 1. The monoisotopic (exact) mass is 402 g/mol. The summed E-state index contributed by atoms with van der Waals surface area (Å²) >= 11 is 1.34. The molecule has 0 saturated carbocycles. The van der Waals surface area contributed by atoms with Gasteiger partial charge in [-0.15, -0.1) is 5.10 Å². The first-order chi connectivity index (χ1) is 13.8. The number of nitrogens with zero attached hydrogens (tertiary/aromatic N) is 5. The zero-order valence-electron chi connectivity index (χ0n) is 15.9. The number of likely N-dealkylation sites (tertiary alicyclic amines) is 1. The minimum Gasteiger partial charge on any atom is -0.376 e. The van der Waals surface area contributed by atoms with Crippen LogP contribution in [0.1, 0.15) is 31.2 Å². The second kappa shape index (κ2) is 9.49. The van der Waals surface area contributed by atoms with E-state index < -0.39 is 0 Å². The molecule has 0 spiro atoms. The van der Waals surface area contributed by atoms with Crippen LogP contribution < -0.4 is 5.32 Å². The van der Waals surface area contributed by atoms with Crippen molar-refractivity contribution in [1.29, 1.82) is 0 Å². The smallest absolute Gasteiger partial charge is 0.234 e. The Balaban J connectivity index is 1.24. The number of nitrogens with one attached hydrogen (secondary N) is 1. The van der Waals surface area contributed by atoms with E-state index in [1.54, 1.807) is 4.68 Å². The number of aromatic nitrogens is 4. The molecule has 9 heteroatoms. The van der Waals surface area contributed by atoms with Crippen LogP contribution in [-0.4, -0.2) is 62.6 Å². The third-order valence-electron chi connectivity index (χ3n) is 5.07. The van der Waals surface area contributed by atoms with E-state index in [9.17, 15) is 4.79 Å². The summed E-state index contributed by atoms with van der Waals surface area (Å²) in [6, 6.07) is 8.11. The van der Waals surface area contributed by atoms with E-state index in [4.69, 9.17) is 4.74 Å². The molecule has 4 rings (SSSR count). The molecule has 2 saturated heterocycles. The molecular weight excluding hydrogens is 376 g/mol. The van der Waals surface area contributed by atoms with Gasteiger partial charge in [0.05, 0.1) is 18.4 Å². The van der Waals surface area contributed by atoms with Gasteiger partial charge < -0.3 is 10.1 Å². The number of hydrogen-bond acceptors (Lipinski definition) is 7. The average molecular weight is 403 g/mol. The Morgan fingerprint density at radius 2 is 2.04 bits per heavy atom. The highest BCUT2D eigenvalue weighted by Gasteiger charge is 2.19. The maximum atomic E-state index is 12.3. The van der Waals surface area contributed by atoms with Crippen LogP contribution in [0.5, 0.6) is 0 Å². The van der Waals surface area contributed by atoms with E-state index in [1.165, 1.54) is 43.3 Å². The second-order valence-electron chi connectivity index (χ2n) is 7.30. The highest BCUT2D eigenvalue weighted by molar-refractivity contribution is 7.99. The number of rotatable bonds is 8. The van der Waals surface area contributed by atoms with E-state index in [0.29, 0.717) is 11.7 Å². The number of ether oxygens (including phenoxy) is 1. The van der Waals surface area contributed by atoms with Gasteiger partial charge in [-0.3, -0.25) is 9.69 Å². The number of thioether (sulfide) groups is 1. The first kappa shape index (κ1) is 19.4. The van der Waals surface area contributed by atoms with Crippen molar-refractivity contribution in [2.24, 2.45) is 0 Å². The largest absolute Gasteiger partial charge is 0.376 e. The summed E-state index contributed by atoms with van der Waals surface area (Å²) in [5.41, 5.74) is 2.09. The Bertz CT molecular complexity index is 769. The third kappa shape index (κ3) is 5.30. The predicted molar refractivity (Wildman–Crippen MR) is 107 cm³/mol. The van der Waals surface area contributed by atoms with Crippen molar-refractivity contribution in [3.63, 3.8) is 0 Å². The Hall–Kier alpha value is -1.97. The maximum absolute atomic E-state index is 12.3. The van der Waals surface area contributed by atoms with Gasteiger partial charge in [0, 0.05) is 18.8 Å². The lowest BCUT2D eigenvalue weighted by molar-refractivity contribution is -0.113. The van der Waals surface area contributed by atoms with Crippen molar-refractivity contribution >= 4 is 23.4 Å². The Kier molecular flexibility index (Phi) is 6.56. The lowest BCUT2D eigenvalue weighted by Crippen LogP contribution is -2.19. The molecule has 0 radical (unpaired) electrons. The number of benzene rings is 1. The highest BCUT2D eigenvalue weighted by Crippen LogP contribution is 2.19. The van der Waals surface area contributed by atoms with Crippen LogP contribution in [0.3, 0.4) is 0 Å². The fourth-order valence-corrected chi connectivity index (χ4v) is 4.30. The van der Waals surface area contributed by atoms with Gasteiger partial charge in [0.1, 0.15) is 0 Å². The molecule has 1 atom stereocenters. The van der Waals surface area contributed by atoms with Crippen LogP contribution in [0.4, 0.5) is 5.69 Å². The van der Waals surface area contributed by atoms with Crippen molar-refractivity contribution in [2.45, 2.75) is 50.0 Å². The van der Waals surface area contributed by atoms with Gasteiger partial charge in [-0.05, 0) is 66.9 Å². The van der Waals surface area contributed by atoms with Crippen molar-refractivity contribution in [3.8, 4) is 0 Å². The van der Waals surface area contributed by atoms with Gasteiger partial charge in [-0.2, -0.15) is 0 Å². The first-order valence-corrected chi connectivity index (χ1v) is 10.9. The SMILES string of the molecule is O=C(CSc1nnnn1CC1CCCO1)Nc1ccc(CN2CCCC2)cc1. The van der Waals surface area contributed by atoms with Crippen LogP contribution in [0.2, 0.25) is 0 Å². The maximum Gasteiger partial charge on any atom is 0.234 e. The van der Waals surface area contributed by atoms with Gasteiger partial charge in [0.15, 0.2) is 0 Å². The second-order valence-corrected chi connectivity index (χ2v) is 8.24. The molecule has 1 amide bonds. The molecule has 0 aliphatic carbocycles. The third-order valence-corrected chi connectivity index (χ3v) is 6.03. The molecular formula is C19H26N6O2S. The van der Waals surface area contributed by atoms with Crippen molar-refractivity contribution < 1.29 is 9.53 Å². The van der Waals surface area contributed by atoms with Crippen molar-refractivity contribution in [2.75, 3.05) is 30.8 Å². The Morgan fingerprint density at radius 3 is 2.79 bits per heavy atom. The lowest BCUT2D eigenvalue weighted by atomic mass is 10.2. The molecule has 2 aromatic rings. The van der Waals surface area contributed by atoms with E-state index in [0.717, 1.165) is 31.7 Å². The quantitative estimate of drug-likeness (QED) is 0.678. The molecule has 0 bridgehead atoms. The lowest BCUT2D eigenvalue weighted by Gasteiger charge is -2.14. The van der Waals surface area contributed by atoms with Crippen molar-refractivity contribution in [1.82, 2.24) is 25.1 Å². The average Bonchev–Trinajstić information content (AvgIpc) is 3.46. The van der Waals surface area contributed by atoms with E-state index in [-0.39, 0.29) is 17.8 Å². The van der Waals surface area contributed by atoms with Gasteiger partial charge in [-0.25, -0.2) is 4.68 Å². The van der Waals surface area contributed by atoms with Crippen LogP contribution in [0.15, 0.2) is 29.4 Å². The molecule has 2 aliphatic rings. The van der Waals surface area contributed by atoms with Gasteiger partial charge in [0.2, 0.25) is 11.1 Å². The molecule has 28 heavy (non-hydrogen) atoms. The first-order valence-electron chi connectivity index (χ1n) is 9.88. The van der Waals surface area contributed by atoms with Crippen LogP contribution in [-0.2, 0) is 22.6 Å². The van der Waals surface area contributed by atoms with Gasteiger partial charge >= 0.3 is 0 Å². The fourth-order valence-electron chi connectivity index (χ4n) is 3.62.